The fraction of sp³-hybridized carbons (Fsp3) is 0.576. The minimum Gasteiger partial charge on any atom is -0.495 e. The van der Waals surface area contributed by atoms with Crippen molar-refractivity contribution in [1.82, 2.24) is 14.8 Å². The van der Waals surface area contributed by atoms with Gasteiger partial charge in [-0.05, 0) is 92.9 Å². The number of likely N-dealkylation sites (tertiary alicyclic amines) is 1. The van der Waals surface area contributed by atoms with Gasteiger partial charge >= 0.3 is 0 Å². The molecule has 40 heavy (non-hydrogen) atoms. The van der Waals surface area contributed by atoms with Crippen LogP contribution in [0.25, 0.3) is 16.5 Å². The van der Waals surface area contributed by atoms with E-state index in [1.54, 1.807) is 7.11 Å². The molecule has 3 heterocycles. The van der Waals surface area contributed by atoms with Crippen molar-refractivity contribution >= 4 is 28.1 Å². The number of allylic oxidation sites excluding steroid dienone is 4. The molecule has 1 aromatic carbocycles. The fourth-order valence-electron chi connectivity index (χ4n) is 6.20. The third-order valence-corrected chi connectivity index (χ3v) is 8.45. The molecule has 2 fully saturated rings. The molecule has 7 nitrogen and oxygen atoms in total. The van der Waals surface area contributed by atoms with Gasteiger partial charge in [-0.1, -0.05) is 39.3 Å². The molecule has 1 atom stereocenters. The molecule has 0 bridgehead atoms. The minimum absolute atomic E-state index is 0.162. The van der Waals surface area contributed by atoms with Gasteiger partial charge in [-0.15, -0.1) is 0 Å². The van der Waals surface area contributed by atoms with Crippen LogP contribution in [0.2, 0.25) is 0 Å². The summed E-state index contributed by atoms with van der Waals surface area (Å²) >= 11 is 0. The first-order valence-corrected chi connectivity index (χ1v) is 15.0. The van der Waals surface area contributed by atoms with Crippen molar-refractivity contribution in [3.63, 3.8) is 0 Å². The average Bonchev–Trinajstić information content (AvgIpc) is 3.33. The fourth-order valence-corrected chi connectivity index (χ4v) is 6.20. The topological polar surface area (TPSA) is 81.7 Å². The van der Waals surface area contributed by atoms with Crippen LogP contribution in [0.1, 0.15) is 89.0 Å². The molecule has 0 saturated carbocycles. The highest BCUT2D eigenvalue weighted by Gasteiger charge is 2.28. The number of methoxy groups -OCH3 is 1. The normalized spacial score (nSPS) is 20.0. The summed E-state index contributed by atoms with van der Waals surface area (Å²) in [6, 6.07) is 7.05. The Balaban J connectivity index is 1.52. The Hall–Kier alpha value is -2.90. The summed E-state index contributed by atoms with van der Waals surface area (Å²) in [7, 11) is 1.65. The molecule has 7 heteroatoms. The standard InChI is InChI=1S/C33H48N4O3/c1-7-9-28(34)30(39-6)19-24(8-2)33-32(22(3)4)27-18-26(10-11-29(27)35-33)25-12-14-36(15-13-25)20-31(38)37-16-17-40-21-23(37)5/h8,10-11,18-19,22-23,25,34-35H,7,9,12-17,20-21H2,1-6H3/b24-8+,30-19+,34-28?. The van der Waals surface area contributed by atoms with Crippen LogP contribution in [0, 0.1) is 5.41 Å². The lowest BCUT2D eigenvalue weighted by Gasteiger charge is -2.37. The summed E-state index contributed by atoms with van der Waals surface area (Å²) in [5.74, 6) is 1.68. The van der Waals surface area contributed by atoms with Crippen molar-refractivity contribution in [1.29, 1.82) is 5.41 Å². The summed E-state index contributed by atoms with van der Waals surface area (Å²) in [5.41, 5.74) is 6.51. The van der Waals surface area contributed by atoms with Gasteiger partial charge in [-0.25, -0.2) is 0 Å². The van der Waals surface area contributed by atoms with Crippen molar-refractivity contribution < 1.29 is 14.3 Å². The van der Waals surface area contributed by atoms with Gasteiger partial charge in [0.15, 0.2) is 0 Å². The number of amides is 1. The first kappa shape index (κ1) is 30.1. The van der Waals surface area contributed by atoms with Gasteiger partial charge in [0, 0.05) is 23.1 Å². The number of carbonyl (C=O) groups is 1. The molecular weight excluding hydrogens is 500 g/mol. The van der Waals surface area contributed by atoms with Crippen LogP contribution < -0.4 is 0 Å². The van der Waals surface area contributed by atoms with E-state index in [4.69, 9.17) is 14.9 Å². The number of nitrogens with one attached hydrogen (secondary N) is 2. The first-order chi connectivity index (χ1) is 19.3. The van der Waals surface area contributed by atoms with E-state index >= 15 is 0 Å². The number of carbonyl (C=O) groups excluding carboxylic acids is 1. The Morgan fingerprint density at radius 2 is 2.00 bits per heavy atom. The quantitative estimate of drug-likeness (QED) is 0.203. The second-order valence-electron chi connectivity index (χ2n) is 11.6. The molecule has 2 aromatic rings. The van der Waals surface area contributed by atoms with Crippen LogP contribution in [-0.2, 0) is 14.3 Å². The summed E-state index contributed by atoms with van der Waals surface area (Å²) in [6.07, 6.45) is 7.84. The van der Waals surface area contributed by atoms with E-state index in [9.17, 15) is 4.79 Å². The Bertz CT molecular complexity index is 1250. The SMILES string of the molecule is C/C=C(\C=C(\OC)C(=N)CCC)c1[nH]c2ccc(C3CCN(CC(=O)N4CCOCC4C)CC3)cc2c1C(C)C. The minimum atomic E-state index is 0.162. The number of benzene rings is 1. The summed E-state index contributed by atoms with van der Waals surface area (Å²) < 4.78 is 11.1. The highest BCUT2D eigenvalue weighted by molar-refractivity contribution is 5.99. The zero-order valence-corrected chi connectivity index (χ0v) is 25.3. The number of hydrogen-bond donors (Lipinski definition) is 2. The van der Waals surface area contributed by atoms with E-state index in [-0.39, 0.29) is 11.9 Å². The monoisotopic (exact) mass is 548 g/mol. The number of aromatic nitrogens is 1. The number of nitrogens with zero attached hydrogens (tertiary/aromatic N) is 2. The van der Waals surface area contributed by atoms with Gasteiger partial charge in [0.1, 0.15) is 5.76 Å². The molecule has 4 rings (SSSR count). The number of hydrogen-bond acceptors (Lipinski definition) is 5. The van der Waals surface area contributed by atoms with Crippen molar-refractivity contribution in [2.24, 2.45) is 0 Å². The summed E-state index contributed by atoms with van der Waals surface area (Å²) in [6.45, 7) is 15.1. The zero-order chi connectivity index (χ0) is 28.8. The molecule has 0 aliphatic carbocycles. The smallest absolute Gasteiger partial charge is 0.237 e. The van der Waals surface area contributed by atoms with Crippen molar-refractivity contribution in [3.8, 4) is 0 Å². The number of rotatable bonds is 10. The molecule has 1 aromatic heterocycles. The molecule has 2 aliphatic heterocycles. The average molecular weight is 549 g/mol. The number of ether oxygens (including phenoxy) is 2. The van der Waals surface area contributed by atoms with Crippen molar-refractivity contribution in [2.45, 2.75) is 78.2 Å². The van der Waals surface area contributed by atoms with E-state index in [2.05, 4.69) is 61.9 Å². The van der Waals surface area contributed by atoms with Crippen LogP contribution >= 0.6 is 0 Å². The van der Waals surface area contributed by atoms with Crippen molar-refractivity contribution in [3.05, 3.63) is 52.9 Å². The Morgan fingerprint density at radius 3 is 2.62 bits per heavy atom. The first-order valence-electron chi connectivity index (χ1n) is 15.0. The van der Waals surface area contributed by atoms with Gasteiger partial charge in [-0.2, -0.15) is 0 Å². The van der Waals surface area contributed by atoms with E-state index in [1.807, 2.05) is 17.9 Å². The van der Waals surface area contributed by atoms with Gasteiger partial charge in [0.25, 0.3) is 0 Å². The maximum absolute atomic E-state index is 12.9. The second kappa shape index (κ2) is 13.6. The molecule has 0 radical (unpaired) electrons. The number of H-pyrrole nitrogens is 1. The third-order valence-electron chi connectivity index (χ3n) is 8.45. The summed E-state index contributed by atoms with van der Waals surface area (Å²) in [5, 5.41) is 9.69. The largest absolute Gasteiger partial charge is 0.495 e. The number of morpholine rings is 1. The maximum atomic E-state index is 12.9. The van der Waals surface area contributed by atoms with Crippen molar-refractivity contribution in [2.75, 3.05) is 46.5 Å². The highest BCUT2D eigenvalue weighted by Crippen LogP contribution is 2.37. The lowest BCUT2D eigenvalue weighted by atomic mass is 9.87. The third kappa shape index (κ3) is 6.69. The van der Waals surface area contributed by atoms with Crippen LogP contribution in [0.3, 0.4) is 0 Å². The van der Waals surface area contributed by atoms with Gasteiger partial charge in [0.05, 0.1) is 38.6 Å². The molecule has 1 unspecified atom stereocenters. The molecule has 2 aliphatic rings. The predicted molar refractivity (Wildman–Crippen MR) is 164 cm³/mol. The zero-order valence-electron chi connectivity index (χ0n) is 25.3. The lowest BCUT2D eigenvalue weighted by molar-refractivity contribution is -0.140. The Labute approximate surface area is 240 Å². The van der Waals surface area contributed by atoms with E-state index in [1.165, 1.54) is 16.5 Å². The lowest BCUT2D eigenvalue weighted by Crippen LogP contribution is -2.51. The molecule has 2 saturated heterocycles. The van der Waals surface area contributed by atoms with Crippen LogP contribution in [0.15, 0.2) is 36.1 Å². The predicted octanol–water partition coefficient (Wildman–Crippen LogP) is 6.47. The second-order valence-corrected chi connectivity index (χ2v) is 11.6. The molecule has 1 amide bonds. The maximum Gasteiger partial charge on any atom is 0.237 e. The van der Waals surface area contributed by atoms with Crippen LogP contribution in [0.5, 0.6) is 0 Å². The van der Waals surface area contributed by atoms with Gasteiger partial charge in [-0.3, -0.25) is 9.69 Å². The molecule has 218 valence electrons. The molecular formula is C33H48N4O3. The van der Waals surface area contributed by atoms with Crippen LogP contribution in [-0.4, -0.2) is 78.9 Å². The van der Waals surface area contributed by atoms with E-state index in [0.717, 1.165) is 49.1 Å². The number of piperidine rings is 1. The number of aromatic amines is 1. The summed E-state index contributed by atoms with van der Waals surface area (Å²) in [4.78, 5) is 20.9. The van der Waals surface area contributed by atoms with Crippen LogP contribution in [0.4, 0.5) is 0 Å². The number of fused-ring (bicyclic) bond motifs is 1. The van der Waals surface area contributed by atoms with E-state index in [0.29, 0.717) is 56.0 Å². The van der Waals surface area contributed by atoms with Gasteiger partial charge < -0.3 is 24.8 Å². The Kier molecular flexibility index (Phi) is 10.3. The van der Waals surface area contributed by atoms with Gasteiger partial charge in [0.2, 0.25) is 5.91 Å². The molecule has 2 N–H and O–H groups in total. The highest BCUT2D eigenvalue weighted by atomic mass is 16.5. The molecule has 0 spiro atoms. The Morgan fingerprint density at radius 1 is 1.25 bits per heavy atom. The van der Waals surface area contributed by atoms with E-state index < -0.39 is 0 Å².